The Labute approximate surface area is 136 Å². The molecule has 0 unspecified atom stereocenters. The predicted molar refractivity (Wildman–Crippen MR) is 88.0 cm³/mol. The molecule has 0 bridgehead atoms. The summed E-state index contributed by atoms with van der Waals surface area (Å²) in [5, 5.41) is 0.628. The van der Waals surface area contributed by atoms with Gasteiger partial charge >= 0.3 is 0 Å². The van der Waals surface area contributed by atoms with Crippen molar-refractivity contribution in [3.8, 4) is 5.75 Å². The summed E-state index contributed by atoms with van der Waals surface area (Å²) in [5.41, 5.74) is 1.10. The molecule has 2 rings (SSSR count). The van der Waals surface area contributed by atoms with Crippen molar-refractivity contribution in [3.05, 3.63) is 59.1 Å². The van der Waals surface area contributed by atoms with Gasteiger partial charge in [-0.1, -0.05) is 30.7 Å². The van der Waals surface area contributed by atoms with Crippen LogP contribution in [0.5, 0.6) is 5.75 Å². The molecule has 118 valence electrons. The highest BCUT2D eigenvalue weighted by Gasteiger charge is 2.12. The van der Waals surface area contributed by atoms with Crippen LogP contribution in [0.1, 0.15) is 12.5 Å². The number of aryl methyl sites for hydroxylation is 1. The first-order valence-electron chi connectivity index (χ1n) is 6.98. The van der Waals surface area contributed by atoms with Gasteiger partial charge in [-0.15, -0.1) is 0 Å². The summed E-state index contributed by atoms with van der Waals surface area (Å²) in [4.78, 5) is 0.260. The average Bonchev–Trinajstić information content (AvgIpc) is 2.53. The molecule has 6 heteroatoms. The number of hydrogen-bond donors (Lipinski definition) is 1. The van der Waals surface area contributed by atoms with Gasteiger partial charge in [-0.05, 0) is 48.4 Å². The minimum absolute atomic E-state index is 0.195. The van der Waals surface area contributed by atoms with E-state index in [1.807, 2.05) is 19.1 Å². The summed E-state index contributed by atoms with van der Waals surface area (Å²) in [6.07, 6.45) is 0.878. The van der Waals surface area contributed by atoms with Crippen LogP contribution >= 0.6 is 11.6 Å². The Hall–Kier alpha value is -1.56. The van der Waals surface area contributed by atoms with Crippen LogP contribution in [0.2, 0.25) is 5.02 Å². The van der Waals surface area contributed by atoms with E-state index in [2.05, 4.69) is 4.72 Å². The van der Waals surface area contributed by atoms with E-state index >= 15 is 0 Å². The molecule has 1 N–H and O–H groups in total. The van der Waals surface area contributed by atoms with E-state index in [1.165, 1.54) is 0 Å². The number of sulfonamides is 1. The Morgan fingerprint density at radius 1 is 1.05 bits per heavy atom. The van der Waals surface area contributed by atoms with Crippen molar-refractivity contribution in [3.63, 3.8) is 0 Å². The number of ether oxygens (including phenoxy) is 1. The van der Waals surface area contributed by atoms with Gasteiger partial charge in [0, 0.05) is 11.6 Å². The van der Waals surface area contributed by atoms with E-state index in [1.54, 1.807) is 36.4 Å². The van der Waals surface area contributed by atoms with Crippen molar-refractivity contribution in [1.29, 1.82) is 0 Å². The average molecular weight is 340 g/mol. The monoisotopic (exact) mass is 339 g/mol. The summed E-state index contributed by atoms with van der Waals surface area (Å²) < 4.78 is 32.2. The number of rotatable bonds is 7. The highest BCUT2D eigenvalue weighted by molar-refractivity contribution is 7.89. The van der Waals surface area contributed by atoms with Gasteiger partial charge < -0.3 is 4.74 Å². The van der Waals surface area contributed by atoms with Crippen LogP contribution < -0.4 is 9.46 Å². The zero-order chi connectivity index (χ0) is 16.0. The summed E-state index contributed by atoms with van der Waals surface area (Å²) >= 11 is 5.78. The van der Waals surface area contributed by atoms with Crippen LogP contribution in [0, 0.1) is 0 Å². The fourth-order valence-corrected chi connectivity index (χ4v) is 3.00. The highest BCUT2D eigenvalue weighted by atomic mass is 35.5. The zero-order valence-electron chi connectivity index (χ0n) is 12.3. The molecule has 0 aliphatic carbocycles. The van der Waals surface area contributed by atoms with Crippen molar-refractivity contribution in [2.75, 3.05) is 13.2 Å². The molecular weight excluding hydrogens is 322 g/mol. The largest absolute Gasteiger partial charge is 0.492 e. The second-order valence-corrected chi connectivity index (χ2v) is 6.90. The van der Waals surface area contributed by atoms with E-state index in [0.29, 0.717) is 10.8 Å². The Morgan fingerprint density at radius 2 is 1.68 bits per heavy atom. The molecule has 22 heavy (non-hydrogen) atoms. The van der Waals surface area contributed by atoms with Gasteiger partial charge in [-0.2, -0.15) is 0 Å². The van der Waals surface area contributed by atoms with Crippen molar-refractivity contribution < 1.29 is 13.2 Å². The molecule has 4 nitrogen and oxygen atoms in total. The van der Waals surface area contributed by atoms with Gasteiger partial charge in [0.25, 0.3) is 0 Å². The van der Waals surface area contributed by atoms with Gasteiger partial charge in [-0.25, -0.2) is 13.1 Å². The predicted octanol–water partition coefficient (Wildman–Crippen LogP) is 3.26. The number of halogens is 1. The third-order valence-electron chi connectivity index (χ3n) is 3.12. The lowest BCUT2D eigenvalue weighted by atomic mass is 10.2. The van der Waals surface area contributed by atoms with E-state index in [4.69, 9.17) is 16.3 Å². The standard InChI is InChI=1S/C16H18ClNO3S/c1-2-13-3-9-16(10-4-13)22(19,20)18-11-12-21-15-7-5-14(17)6-8-15/h3-10,18H,2,11-12H2,1H3. The quantitative estimate of drug-likeness (QED) is 0.788. The second-order valence-electron chi connectivity index (χ2n) is 4.70. The molecule has 0 saturated heterocycles. The molecule has 0 atom stereocenters. The molecule has 0 heterocycles. The fraction of sp³-hybridized carbons (Fsp3) is 0.250. The van der Waals surface area contributed by atoms with Crippen LogP contribution in [0.15, 0.2) is 53.4 Å². The van der Waals surface area contributed by atoms with E-state index in [9.17, 15) is 8.42 Å². The van der Waals surface area contributed by atoms with Gasteiger partial charge in [0.1, 0.15) is 12.4 Å². The van der Waals surface area contributed by atoms with Crippen LogP contribution in [0.4, 0.5) is 0 Å². The lowest BCUT2D eigenvalue weighted by Crippen LogP contribution is -2.28. The van der Waals surface area contributed by atoms with Crippen LogP contribution in [-0.4, -0.2) is 21.6 Å². The minimum Gasteiger partial charge on any atom is -0.492 e. The number of benzene rings is 2. The Bertz CT molecular complexity index is 697. The number of hydrogen-bond acceptors (Lipinski definition) is 3. The topological polar surface area (TPSA) is 55.4 Å². The van der Waals surface area contributed by atoms with Gasteiger partial charge in [0.2, 0.25) is 10.0 Å². The molecule has 0 amide bonds. The molecule has 0 saturated carbocycles. The van der Waals surface area contributed by atoms with Crippen LogP contribution in [0.25, 0.3) is 0 Å². The molecule has 0 aromatic heterocycles. The lowest BCUT2D eigenvalue weighted by Gasteiger charge is -2.09. The maximum atomic E-state index is 12.1. The van der Waals surface area contributed by atoms with Gasteiger partial charge in [-0.3, -0.25) is 0 Å². The normalized spacial score (nSPS) is 11.4. The first-order chi connectivity index (χ1) is 10.5. The molecule has 2 aromatic rings. The smallest absolute Gasteiger partial charge is 0.240 e. The Balaban J connectivity index is 1.85. The third-order valence-corrected chi connectivity index (χ3v) is 4.85. The lowest BCUT2D eigenvalue weighted by molar-refractivity contribution is 0.323. The summed E-state index contributed by atoms with van der Waals surface area (Å²) in [6, 6.07) is 13.8. The Morgan fingerprint density at radius 3 is 2.27 bits per heavy atom. The van der Waals surface area contributed by atoms with Crippen molar-refractivity contribution >= 4 is 21.6 Å². The first-order valence-corrected chi connectivity index (χ1v) is 8.84. The molecule has 0 fully saturated rings. The first kappa shape index (κ1) is 16.8. The Kier molecular flexibility index (Phi) is 5.83. The molecule has 2 aromatic carbocycles. The van der Waals surface area contributed by atoms with Crippen LogP contribution in [-0.2, 0) is 16.4 Å². The van der Waals surface area contributed by atoms with E-state index in [0.717, 1.165) is 12.0 Å². The van der Waals surface area contributed by atoms with Gasteiger partial charge in [0.05, 0.1) is 4.90 Å². The molecular formula is C16H18ClNO3S. The maximum absolute atomic E-state index is 12.1. The van der Waals surface area contributed by atoms with E-state index in [-0.39, 0.29) is 18.0 Å². The zero-order valence-corrected chi connectivity index (χ0v) is 13.8. The highest BCUT2D eigenvalue weighted by Crippen LogP contribution is 2.15. The second kappa shape index (κ2) is 7.63. The fourth-order valence-electron chi connectivity index (χ4n) is 1.86. The minimum atomic E-state index is -3.50. The SMILES string of the molecule is CCc1ccc(S(=O)(=O)NCCOc2ccc(Cl)cc2)cc1. The summed E-state index contributed by atoms with van der Waals surface area (Å²) in [5.74, 6) is 0.649. The number of nitrogens with one attached hydrogen (secondary N) is 1. The molecule has 0 aliphatic heterocycles. The van der Waals surface area contributed by atoms with Crippen LogP contribution in [0.3, 0.4) is 0 Å². The molecule has 0 aliphatic rings. The van der Waals surface area contributed by atoms with Crippen molar-refractivity contribution in [1.82, 2.24) is 4.72 Å². The summed E-state index contributed by atoms with van der Waals surface area (Å²) in [7, 11) is -3.50. The van der Waals surface area contributed by atoms with E-state index < -0.39 is 10.0 Å². The summed E-state index contributed by atoms with van der Waals surface area (Å²) in [6.45, 7) is 2.46. The van der Waals surface area contributed by atoms with Crippen molar-refractivity contribution in [2.45, 2.75) is 18.2 Å². The van der Waals surface area contributed by atoms with Crippen molar-refractivity contribution in [2.24, 2.45) is 0 Å². The maximum Gasteiger partial charge on any atom is 0.240 e. The van der Waals surface area contributed by atoms with Gasteiger partial charge in [0.15, 0.2) is 0 Å². The molecule has 0 spiro atoms. The third kappa shape index (κ3) is 4.73. The molecule has 0 radical (unpaired) electrons.